The number of hydrogen-bond donors (Lipinski definition) is 2. The van der Waals surface area contributed by atoms with Crippen molar-refractivity contribution in [3.05, 3.63) is 41.7 Å². The van der Waals surface area contributed by atoms with Crippen LogP contribution in [0.4, 0.5) is 5.95 Å². The number of aryl methyl sites for hydroxylation is 1. The molecule has 0 atom stereocenters. The molecule has 90 valence electrons. The van der Waals surface area contributed by atoms with Crippen molar-refractivity contribution in [1.82, 2.24) is 14.9 Å². The number of nitrogens with zero attached hydrogens (tertiary/aromatic N) is 4. The maximum Gasteiger partial charge on any atom is 0.263 e. The van der Waals surface area contributed by atoms with Gasteiger partial charge in [0.2, 0.25) is 0 Å². The van der Waals surface area contributed by atoms with Gasteiger partial charge in [0.05, 0.1) is 6.21 Å². The van der Waals surface area contributed by atoms with Gasteiger partial charge in [-0.25, -0.2) is 10.1 Å². The first-order chi connectivity index (χ1) is 7.75. The Kier molecular flexibility index (Phi) is 4.47. The fraction of sp³-hybridized carbons (Fsp3) is 0.100. The minimum absolute atomic E-state index is 0. The van der Waals surface area contributed by atoms with Gasteiger partial charge in [-0.05, 0) is 12.5 Å². The molecule has 0 aliphatic rings. The number of nitrogens with one attached hydrogen (secondary N) is 1. The highest BCUT2D eigenvalue weighted by atomic mass is 35.5. The predicted molar refractivity (Wildman–Crippen MR) is 62.6 cm³/mol. The molecule has 0 saturated carbocycles. The molecule has 0 radical (unpaired) electrons. The van der Waals surface area contributed by atoms with Crippen LogP contribution in [0.2, 0.25) is 0 Å². The Labute approximate surface area is 105 Å². The summed E-state index contributed by atoms with van der Waals surface area (Å²) in [6.45, 7) is 2.04. The summed E-state index contributed by atoms with van der Waals surface area (Å²) in [5.41, 5.74) is 4.91. The Hall–Kier alpha value is -2.08. The Morgan fingerprint density at radius 2 is 2.06 bits per heavy atom. The van der Waals surface area contributed by atoms with Crippen molar-refractivity contribution in [2.75, 3.05) is 11.3 Å². The van der Waals surface area contributed by atoms with Crippen molar-refractivity contribution in [3.8, 4) is 0 Å². The Balaban J connectivity index is 0.00000144. The Morgan fingerprint density at radius 1 is 1.35 bits per heavy atom. The first-order valence-corrected chi connectivity index (χ1v) is 4.76. The summed E-state index contributed by atoms with van der Waals surface area (Å²) in [7, 11) is 0. The second-order valence-corrected chi connectivity index (χ2v) is 3.34. The van der Waals surface area contributed by atoms with Crippen LogP contribution >= 0.6 is 0 Å². The van der Waals surface area contributed by atoms with Gasteiger partial charge in [-0.3, -0.25) is 0 Å². The SMILES string of the molecule is Cc1ccc(C=NNc2nncn2N)cc1.[Cl-]. The van der Waals surface area contributed by atoms with E-state index in [9.17, 15) is 0 Å². The molecule has 7 heteroatoms. The molecule has 3 N–H and O–H groups in total. The second-order valence-electron chi connectivity index (χ2n) is 3.34. The van der Waals surface area contributed by atoms with Crippen LogP contribution in [-0.2, 0) is 0 Å². The lowest BCUT2D eigenvalue weighted by Crippen LogP contribution is -3.00. The van der Waals surface area contributed by atoms with Gasteiger partial charge in [-0.1, -0.05) is 29.8 Å². The molecule has 0 saturated heterocycles. The van der Waals surface area contributed by atoms with E-state index in [2.05, 4.69) is 20.7 Å². The molecule has 17 heavy (non-hydrogen) atoms. The summed E-state index contributed by atoms with van der Waals surface area (Å²) in [4.78, 5) is 0. The topological polar surface area (TPSA) is 81.1 Å². The Morgan fingerprint density at radius 3 is 2.65 bits per heavy atom. The number of anilines is 1. The standard InChI is InChI=1S/C10H12N6.ClH/c1-8-2-4-9(5-3-8)6-12-14-10-15-13-7-16(10)11;/h2-7H,11H2,1H3,(H,14,15);1H/p-1. The molecule has 2 rings (SSSR count). The zero-order chi connectivity index (χ0) is 11.4. The molecule has 0 bridgehead atoms. The van der Waals surface area contributed by atoms with Crippen molar-refractivity contribution < 1.29 is 12.4 Å². The average Bonchev–Trinajstić information content (AvgIpc) is 2.68. The first-order valence-electron chi connectivity index (χ1n) is 4.76. The summed E-state index contributed by atoms with van der Waals surface area (Å²) in [6, 6.07) is 8.00. The highest BCUT2D eigenvalue weighted by molar-refractivity contribution is 5.79. The van der Waals surface area contributed by atoms with E-state index in [0.717, 1.165) is 5.56 Å². The van der Waals surface area contributed by atoms with Gasteiger partial charge in [0, 0.05) is 0 Å². The van der Waals surface area contributed by atoms with Gasteiger partial charge >= 0.3 is 0 Å². The van der Waals surface area contributed by atoms with Gasteiger partial charge in [0.25, 0.3) is 5.95 Å². The van der Waals surface area contributed by atoms with E-state index in [-0.39, 0.29) is 12.4 Å². The van der Waals surface area contributed by atoms with E-state index < -0.39 is 0 Å². The molecule has 1 aromatic carbocycles. The summed E-state index contributed by atoms with van der Waals surface area (Å²) in [6.07, 6.45) is 3.08. The smallest absolute Gasteiger partial charge is 0.263 e. The van der Waals surface area contributed by atoms with Crippen LogP contribution in [0, 0.1) is 6.92 Å². The molecule has 0 unspecified atom stereocenters. The zero-order valence-electron chi connectivity index (χ0n) is 9.21. The van der Waals surface area contributed by atoms with Gasteiger partial charge in [0.1, 0.15) is 6.33 Å². The van der Waals surface area contributed by atoms with Gasteiger partial charge in [-0.2, -0.15) is 5.10 Å². The molecule has 1 heterocycles. The zero-order valence-corrected chi connectivity index (χ0v) is 9.96. The maximum atomic E-state index is 5.50. The van der Waals surface area contributed by atoms with Crippen LogP contribution in [-0.4, -0.2) is 21.1 Å². The van der Waals surface area contributed by atoms with Crippen molar-refractivity contribution in [1.29, 1.82) is 0 Å². The van der Waals surface area contributed by atoms with Crippen LogP contribution in [0.1, 0.15) is 11.1 Å². The number of nitrogens with two attached hydrogens (primary N) is 1. The van der Waals surface area contributed by atoms with E-state index in [4.69, 9.17) is 5.84 Å². The van der Waals surface area contributed by atoms with E-state index in [0.29, 0.717) is 5.95 Å². The van der Waals surface area contributed by atoms with Gasteiger partial charge < -0.3 is 18.2 Å². The fourth-order valence-corrected chi connectivity index (χ4v) is 1.14. The van der Waals surface area contributed by atoms with Crippen molar-refractivity contribution in [3.63, 3.8) is 0 Å². The number of benzene rings is 1. The van der Waals surface area contributed by atoms with Crippen LogP contribution in [0.15, 0.2) is 35.7 Å². The third kappa shape index (κ3) is 3.46. The monoisotopic (exact) mass is 251 g/mol. The number of rotatable bonds is 3. The molecule has 0 fully saturated rings. The molecule has 0 aliphatic heterocycles. The van der Waals surface area contributed by atoms with E-state index >= 15 is 0 Å². The second kappa shape index (κ2) is 5.86. The number of nitrogen functional groups attached to an aromatic ring is 1. The van der Waals surface area contributed by atoms with Crippen LogP contribution in [0.25, 0.3) is 0 Å². The average molecular weight is 252 g/mol. The molecular weight excluding hydrogens is 240 g/mol. The van der Waals surface area contributed by atoms with Crippen molar-refractivity contribution in [2.45, 2.75) is 6.92 Å². The lowest BCUT2D eigenvalue weighted by atomic mass is 10.2. The maximum absolute atomic E-state index is 5.50. The van der Waals surface area contributed by atoms with Gasteiger partial charge in [-0.15, -0.1) is 10.2 Å². The first kappa shape index (κ1) is 13.0. The number of halogens is 1. The normalized spacial score (nSPS) is 10.2. The largest absolute Gasteiger partial charge is 1.00 e. The quantitative estimate of drug-likeness (QED) is 0.367. The minimum Gasteiger partial charge on any atom is -1.00 e. The summed E-state index contributed by atoms with van der Waals surface area (Å²) >= 11 is 0. The highest BCUT2D eigenvalue weighted by Crippen LogP contribution is 2.01. The summed E-state index contributed by atoms with van der Waals surface area (Å²) in [5, 5.41) is 11.3. The molecular formula is C10H12ClN6-. The number of hydrogen-bond acceptors (Lipinski definition) is 5. The fourth-order valence-electron chi connectivity index (χ4n) is 1.14. The van der Waals surface area contributed by atoms with E-state index in [1.165, 1.54) is 16.6 Å². The van der Waals surface area contributed by atoms with Crippen LogP contribution < -0.4 is 23.7 Å². The number of aromatic nitrogens is 3. The third-order valence-corrected chi connectivity index (χ3v) is 2.03. The highest BCUT2D eigenvalue weighted by Gasteiger charge is 1.96. The Bertz CT molecular complexity index is 490. The van der Waals surface area contributed by atoms with E-state index in [1.807, 2.05) is 31.2 Å². The van der Waals surface area contributed by atoms with Crippen molar-refractivity contribution >= 4 is 12.2 Å². The lowest BCUT2D eigenvalue weighted by molar-refractivity contribution is -0.00000345. The van der Waals surface area contributed by atoms with Crippen LogP contribution in [0.5, 0.6) is 0 Å². The molecule has 1 aromatic heterocycles. The molecule has 0 amide bonds. The predicted octanol–water partition coefficient (Wildman–Crippen LogP) is -2.25. The van der Waals surface area contributed by atoms with Crippen molar-refractivity contribution in [2.24, 2.45) is 5.10 Å². The summed E-state index contributed by atoms with van der Waals surface area (Å²) in [5.74, 6) is 5.89. The molecule has 0 aliphatic carbocycles. The molecule has 0 spiro atoms. The molecule has 2 aromatic rings. The van der Waals surface area contributed by atoms with Gasteiger partial charge in [0.15, 0.2) is 0 Å². The van der Waals surface area contributed by atoms with Crippen LogP contribution in [0.3, 0.4) is 0 Å². The summed E-state index contributed by atoms with van der Waals surface area (Å²) < 4.78 is 1.26. The lowest BCUT2D eigenvalue weighted by Gasteiger charge is -1.97. The minimum atomic E-state index is 0. The number of hydrazone groups is 1. The van der Waals surface area contributed by atoms with E-state index in [1.54, 1.807) is 6.21 Å². The third-order valence-electron chi connectivity index (χ3n) is 2.03. The molecule has 6 nitrogen and oxygen atoms in total.